The molecular weight excluding hydrogens is 184 g/mol. The van der Waals surface area contributed by atoms with Crippen molar-refractivity contribution in [2.75, 3.05) is 12.8 Å². The van der Waals surface area contributed by atoms with Crippen molar-refractivity contribution in [1.82, 2.24) is 0 Å². The fourth-order valence-electron chi connectivity index (χ4n) is 1.19. The van der Waals surface area contributed by atoms with Crippen LogP contribution in [0, 0.1) is 0 Å². The Bertz CT molecular complexity index is 352. The van der Waals surface area contributed by atoms with Gasteiger partial charge in [-0.25, -0.2) is 0 Å². The van der Waals surface area contributed by atoms with E-state index < -0.39 is 12.0 Å². The van der Waals surface area contributed by atoms with E-state index >= 15 is 0 Å². The van der Waals surface area contributed by atoms with Crippen LogP contribution in [0.15, 0.2) is 18.2 Å². The second-order valence-corrected chi connectivity index (χ2v) is 2.79. The number of carbonyl (C=O) groups is 1. The van der Waals surface area contributed by atoms with Gasteiger partial charge in [-0.15, -0.1) is 0 Å². The van der Waals surface area contributed by atoms with Gasteiger partial charge >= 0.3 is 5.97 Å². The van der Waals surface area contributed by atoms with Crippen LogP contribution in [-0.4, -0.2) is 18.2 Å². The number of ether oxygens (including phenoxy) is 1. The average Bonchev–Trinajstić information content (AvgIpc) is 2.16. The molecule has 0 aliphatic carbocycles. The molecule has 0 saturated heterocycles. The van der Waals surface area contributed by atoms with Gasteiger partial charge in [-0.1, -0.05) is 12.1 Å². The lowest BCUT2D eigenvalue weighted by atomic mass is 10.1. The van der Waals surface area contributed by atoms with Crippen molar-refractivity contribution < 1.29 is 14.6 Å². The SMILES string of the molecule is COc1c(N)cccc1C(N)C(=O)O. The van der Waals surface area contributed by atoms with Crippen molar-refractivity contribution in [2.45, 2.75) is 6.04 Å². The highest BCUT2D eigenvalue weighted by Gasteiger charge is 2.19. The number of rotatable bonds is 3. The molecule has 0 heterocycles. The number of hydrogen-bond donors (Lipinski definition) is 3. The zero-order valence-electron chi connectivity index (χ0n) is 7.73. The Morgan fingerprint density at radius 2 is 2.21 bits per heavy atom. The molecular formula is C9H12N2O3. The quantitative estimate of drug-likeness (QED) is 0.606. The minimum absolute atomic E-state index is 0.322. The Morgan fingerprint density at radius 3 is 2.71 bits per heavy atom. The third-order valence-electron chi connectivity index (χ3n) is 1.88. The molecule has 1 aromatic rings. The van der Waals surface area contributed by atoms with Crippen LogP contribution in [0.4, 0.5) is 5.69 Å². The Balaban J connectivity index is 3.20. The molecule has 0 bridgehead atoms. The zero-order chi connectivity index (χ0) is 10.7. The van der Waals surface area contributed by atoms with Crippen molar-refractivity contribution in [2.24, 2.45) is 5.73 Å². The van der Waals surface area contributed by atoms with Gasteiger partial charge in [0.1, 0.15) is 11.8 Å². The largest absolute Gasteiger partial charge is 0.494 e. The predicted molar refractivity (Wildman–Crippen MR) is 52.0 cm³/mol. The number of carboxylic acids is 1. The first-order valence-electron chi connectivity index (χ1n) is 3.98. The van der Waals surface area contributed by atoms with Crippen LogP contribution in [-0.2, 0) is 4.79 Å². The number of anilines is 1. The van der Waals surface area contributed by atoms with Crippen LogP contribution in [0.2, 0.25) is 0 Å². The van der Waals surface area contributed by atoms with Gasteiger partial charge in [0.15, 0.2) is 0 Å². The van der Waals surface area contributed by atoms with Crippen LogP contribution in [0.1, 0.15) is 11.6 Å². The topological polar surface area (TPSA) is 98.6 Å². The normalized spacial score (nSPS) is 12.1. The van der Waals surface area contributed by atoms with Gasteiger partial charge in [0, 0.05) is 5.56 Å². The van der Waals surface area contributed by atoms with E-state index in [9.17, 15) is 4.79 Å². The summed E-state index contributed by atoms with van der Waals surface area (Å²) >= 11 is 0. The summed E-state index contributed by atoms with van der Waals surface area (Å²) in [6, 6.07) is 3.72. The second-order valence-electron chi connectivity index (χ2n) is 2.79. The van der Waals surface area contributed by atoms with E-state index in [0.717, 1.165) is 0 Å². The van der Waals surface area contributed by atoms with Crippen molar-refractivity contribution in [1.29, 1.82) is 0 Å². The molecule has 0 fully saturated rings. The Kier molecular flexibility index (Phi) is 2.93. The van der Waals surface area contributed by atoms with E-state index in [1.165, 1.54) is 7.11 Å². The molecule has 0 aliphatic rings. The van der Waals surface area contributed by atoms with Gasteiger partial charge in [-0.2, -0.15) is 0 Å². The molecule has 1 aromatic carbocycles. The van der Waals surface area contributed by atoms with Crippen LogP contribution < -0.4 is 16.2 Å². The summed E-state index contributed by atoms with van der Waals surface area (Å²) in [6.45, 7) is 0. The molecule has 14 heavy (non-hydrogen) atoms. The smallest absolute Gasteiger partial charge is 0.325 e. The van der Waals surface area contributed by atoms with Crippen LogP contribution in [0.25, 0.3) is 0 Å². The van der Waals surface area contributed by atoms with Crippen molar-refractivity contribution in [3.05, 3.63) is 23.8 Å². The lowest BCUT2D eigenvalue weighted by molar-refractivity contribution is -0.138. The molecule has 0 amide bonds. The van der Waals surface area contributed by atoms with E-state index in [0.29, 0.717) is 17.0 Å². The fraction of sp³-hybridized carbons (Fsp3) is 0.222. The predicted octanol–water partition coefficient (Wildman–Crippen LogP) is 0.362. The molecule has 0 spiro atoms. The molecule has 76 valence electrons. The summed E-state index contributed by atoms with van der Waals surface area (Å²) in [4.78, 5) is 10.7. The first-order chi connectivity index (χ1) is 6.57. The fourth-order valence-corrected chi connectivity index (χ4v) is 1.19. The summed E-state index contributed by atoms with van der Waals surface area (Å²) in [5.74, 6) is -0.795. The Hall–Kier alpha value is -1.75. The van der Waals surface area contributed by atoms with Gasteiger partial charge in [0.25, 0.3) is 0 Å². The van der Waals surface area contributed by atoms with Gasteiger partial charge in [-0.05, 0) is 6.07 Å². The zero-order valence-corrected chi connectivity index (χ0v) is 7.73. The standard InChI is InChI=1S/C9H12N2O3/c1-14-8-5(7(11)9(12)13)3-2-4-6(8)10/h2-4,7H,10-11H2,1H3,(H,12,13). The summed E-state index contributed by atoms with van der Waals surface area (Å²) in [5.41, 5.74) is 11.8. The minimum Gasteiger partial charge on any atom is -0.494 e. The molecule has 0 radical (unpaired) electrons. The highest BCUT2D eigenvalue weighted by molar-refractivity contribution is 5.77. The average molecular weight is 196 g/mol. The monoisotopic (exact) mass is 196 g/mol. The summed E-state index contributed by atoms with van der Waals surface area (Å²) in [5, 5.41) is 8.72. The first-order valence-corrected chi connectivity index (χ1v) is 3.98. The number of methoxy groups -OCH3 is 1. The summed E-state index contributed by atoms with van der Waals surface area (Å²) in [6.07, 6.45) is 0. The molecule has 0 aromatic heterocycles. The third-order valence-corrected chi connectivity index (χ3v) is 1.88. The molecule has 5 heteroatoms. The van der Waals surface area contributed by atoms with Crippen LogP contribution in [0.3, 0.4) is 0 Å². The molecule has 0 saturated carbocycles. The van der Waals surface area contributed by atoms with Gasteiger partial charge in [0.05, 0.1) is 12.8 Å². The Morgan fingerprint density at radius 1 is 1.57 bits per heavy atom. The maximum absolute atomic E-state index is 10.7. The van der Waals surface area contributed by atoms with Gasteiger partial charge in [-0.3, -0.25) is 4.79 Å². The van der Waals surface area contributed by atoms with Crippen molar-refractivity contribution >= 4 is 11.7 Å². The lowest BCUT2D eigenvalue weighted by Gasteiger charge is -2.13. The number of carboxylic acid groups (broad SMARTS) is 1. The van der Waals surface area contributed by atoms with E-state index in [1.807, 2.05) is 0 Å². The molecule has 1 unspecified atom stereocenters. The molecule has 5 nitrogen and oxygen atoms in total. The Labute approximate surface area is 81.3 Å². The second kappa shape index (κ2) is 3.97. The first kappa shape index (κ1) is 10.3. The molecule has 5 N–H and O–H groups in total. The number of para-hydroxylation sites is 1. The summed E-state index contributed by atoms with van der Waals surface area (Å²) in [7, 11) is 1.42. The highest BCUT2D eigenvalue weighted by atomic mass is 16.5. The number of aliphatic carboxylic acids is 1. The summed E-state index contributed by atoms with van der Waals surface area (Å²) < 4.78 is 4.98. The highest BCUT2D eigenvalue weighted by Crippen LogP contribution is 2.29. The van der Waals surface area contributed by atoms with Crippen LogP contribution >= 0.6 is 0 Å². The molecule has 1 atom stereocenters. The minimum atomic E-state index is -1.12. The lowest BCUT2D eigenvalue weighted by Crippen LogP contribution is -2.21. The number of hydrogen-bond acceptors (Lipinski definition) is 4. The molecule has 0 aliphatic heterocycles. The van der Waals surface area contributed by atoms with Gasteiger partial charge in [0.2, 0.25) is 0 Å². The van der Waals surface area contributed by atoms with E-state index in [-0.39, 0.29) is 0 Å². The number of nitrogen functional groups attached to an aromatic ring is 1. The third kappa shape index (κ3) is 1.77. The van der Waals surface area contributed by atoms with Crippen molar-refractivity contribution in [3.8, 4) is 5.75 Å². The van der Waals surface area contributed by atoms with E-state index in [4.69, 9.17) is 21.3 Å². The van der Waals surface area contributed by atoms with Crippen molar-refractivity contribution in [3.63, 3.8) is 0 Å². The maximum atomic E-state index is 10.7. The van der Waals surface area contributed by atoms with Crippen LogP contribution in [0.5, 0.6) is 5.75 Å². The number of nitrogens with two attached hydrogens (primary N) is 2. The molecule has 1 rings (SSSR count). The maximum Gasteiger partial charge on any atom is 0.325 e. The number of benzene rings is 1. The van der Waals surface area contributed by atoms with E-state index in [2.05, 4.69) is 0 Å². The van der Waals surface area contributed by atoms with E-state index in [1.54, 1.807) is 18.2 Å². The van der Waals surface area contributed by atoms with Gasteiger partial charge < -0.3 is 21.3 Å².